The summed E-state index contributed by atoms with van der Waals surface area (Å²) in [6.45, 7) is 0. The molecule has 0 spiro atoms. The van der Waals surface area contributed by atoms with E-state index in [1.807, 2.05) is 0 Å². The first-order valence-corrected chi connectivity index (χ1v) is 15.2. The zero-order valence-electron chi connectivity index (χ0n) is 23.6. The van der Waals surface area contributed by atoms with E-state index < -0.39 is 0 Å². The van der Waals surface area contributed by atoms with E-state index in [0.717, 1.165) is 16.7 Å². The van der Waals surface area contributed by atoms with Crippen LogP contribution in [0.2, 0.25) is 0 Å². The predicted octanol–water partition coefficient (Wildman–Crippen LogP) is 10.8. The van der Waals surface area contributed by atoms with Crippen LogP contribution in [0.3, 0.4) is 0 Å². The Morgan fingerprint density at radius 1 is 0.364 bits per heavy atom. The Morgan fingerprint density at radius 2 is 0.977 bits per heavy atom. The van der Waals surface area contributed by atoms with Gasteiger partial charge in [-0.1, -0.05) is 115 Å². The van der Waals surface area contributed by atoms with E-state index in [1.54, 1.807) is 0 Å². The van der Waals surface area contributed by atoms with Gasteiger partial charge in [-0.2, -0.15) is 0 Å². The molecule has 0 saturated heterocycles. The fourth-order valence-electron chi connectivity index (χ4n) is 8.06. The highest BCUT2D eigenvalue weighted by Gasteiger charge is 2.23. The van der Waals surface area contributed by atoms with Gasteiger partial charge < -0.3 is 4.40 Å². The summed E-state index contributed by atoms with van der Waals surface area (Å²) in [6.07, 6.45) is 0. The van der Waals surface area contributed by atoms with Crippen molar-refractivity contribution in [1.82, 2.24) is 14.0 Å². The molecule has 11 rings (SSSR count). The maximum atomic E-state index is 5.35. The molecule has 0 radical (unpaired) electrons. The molecule has 0 saturated carbocycles. The van der Waals surface area contributed by atoms with Crippen molar-refractivity contribution in [2.45, 2.75) is 0 Å². The van der Waals surface area contributed by atoms with Gasteiger partial charge in [0.25, 0.3) is 0 Å². The molecule has 11 aromatic rings. The molecule has 0 amide bonds. The summed E-state index contributed by atoms with van der Waals surface area (Å²) in [5, 5.41) is 13.8. The third kappa shape index (κ3) is 2.62. The molecule has 4 heterocycles. The topological polar surface area (TPSA) is 22.2 Å². The third-order valence-corrected chi connectivity index (χ3v) is 9.80. The van der Waals surface area contributed by atoms with Crippen LogP contribution in [0.5, 0.6) is 0 Å². The average molecular weight is 558 g/mol. The van der Waals surface area contributed by atoms with E-state index in [4.69, 9.17) is 4.98 Å². The van der Waals surface area contributed by atoms with Crippen LogP contribution in [-0.4, -0.2) is 14.0 Å². The second-order valence-electron chi connectivity index (χ2n) is 11.9. The molecule has 0 N–H and O–H groups in total. The third-order valence-electron chi connectivity index (χ3n) is 9.80. The minimum Gasteiger partial charge on any atom is -0.307 e. The first-order chi connectivity index (χ1) is 21.9. The minimum atomic E-state index is 0.967. The molecule has 0 atom stereocenters. The second-order valence-corrected chi connectivity index (χ2v) is 11.9. The monoisotopic (exact) mass is 557 g/mol. The van der Waals surface area contributed by atoms with Crippen molar-refractivity contribution in [3.05, 3.63) is 140 Å². The van der Waals surface area contributed by atoms with E-state index >= 15 is 0 Å². The van der Waals surface area contributed by atoms with Crippen molar-refractivity contribution in [3.8, 4) is 5.82 Å². The molecule has 3 nitrogen and oxygen atoms in total. The molecule has 0 aliphatic carbocycles. The number of rotatable bonds is 1. The molecule has 0 unspecified atom stereocenters. The Morgan fingerprint density at radius 3 is 1.84 bits per heavy atom. The molecule has 202 valence electrons. The molecule has 7 aromatic carbocycles. The lowest BCUT2D eigenvalue weighted by atomic mass is 10.00. The highest BCUT2D eigenvalue weighted by atomic mass is 15.1. The molecular formula is C41H23N3. The summed E-state index contributed by atoms with van der Waals surface area (Å²) in [7, 11) is 0. The summed E-state index contributed by atoms with van der Waals surface area (Å²) in [6, 6.07) is 50.8. The normalized spacial score (nSPS) is 12.5. The van der Waals surface area contributed by atoms with Gasteiger partial charge in [0.15, 0.2) is 0 Å². The van der Waals surface area contributed by atoms with Gasteiger partial charge in [0.1, 0.15) is 5.82 Å². The van der Waals surface area contributed by atoms with Gasteiger partial charge >= 0.3 is 0 Å². The number of pyridine rings is 1. The van der Waals surface area contributed by atoms with Gasteiger partial charge in [0.05, 0.1) is 33.1 Å². The van der Waals surface area contributed by atoms with Crippen LogP contribution >= 0.6 is 0 Å². The van der Waals surface area contributed by atoms with E-state index in [2.05, 4.69) is 148 Å². The van der Waals surface area contributed by atoms with Crippen LogP contribution in [0.4, 0.5) is 0 Å². The molecule has 44 heavy (non-hydrogen) atoms. The number of fused-ring (bicyclic) bond motifs is 15. The number of para-hydroxylation sites is 4. The van der Waals surface area contributed by atoms with Crippen LogP contribution in [0.1, 0.15) is 0 Å². The van der Waals surface area contributed by atoms with Crippen LogP contribution in [0.15, 0.2) is 140 Å². The maximum Gasteiger partial charge on any atom is 0.146 e. The molecule has 3 heteroatoms. The van der Waals surface area contributed by atoms with Gasteiger partial charge in [-0.15, -0.1) is 0 Å². The summed E-state index contributed by atoms with van der Waals surface area (Å²) in [4.78, 5) is 5.35. The SMILES string of the molecule is c1ccc2c(c1)nc(-n1c3ccccc3c3c4c(ccc5c6cccc7c8ccccc8n(c76)c54)ccc31)c1ccccc12. The average Bonchev–Trinajstić information content (AvgIpc) is 3.73. The molecule has 4 aromatic heterocycles. The second kappa shape index (κ2) is 7.91. The van der Waals surface area contributed by atoms with Gasteiger partial charge in [-0.05, 0) is 35.0 Å². The zero-order valence-corrected chi connectivity index (χ0v) is 23.6. The Labute approximate surface area is 251 Å². The van der Waals surface area contributed by atoms with Crippen molar-refractivity contribution < 1.29 is 0 Å². The number of hydrogen-bond acceptors (Lipinski definition) is 1. The standard InChI is InChI=1S/C41H23N3/c1-2-13-31-25(10-1)26-11-3-6-17-33(26)42-41(31)43-35-19-8-5-14-32(35)38-36(43)23-21-24-20-22-30-29-16-9-15-28-27-12-4-7-18-34(27)44(39(28)29)40(30)37(24)38/h1-23H. The van der Waals surface area contributed by atoms with E-state index in [0.29, 0.717) is 0 Å². The largest absolute Gasteiger partial charge is 0.307 e. The van der Waals surface area contributed by atoms with Gasteiger partial charge in [0.2, 0.25) is 0 Å². The van der Waals surface area contributed by atoms with Crippen molar-refractivity contribution in [2.75, 3.05) is 0 Å². The minimum absolute atomic E-state index is 0.967. The summed E-state index contributed by atoms with van der Waals surface area (Å²) in [5.74, 6) is 0.967. The van der Waals surface area contributed by atoms with Crippen molar-refractivity contribution in [1.29, 1.82) is 0 Å². The van der Waals surface area contributed by atoms with Crippen LogP contribution < -0.4 is 0 Å². The lowest BCUT2D eigenvalue weighted by Gasteiger charge is -2.13. The molecule has 0 aliphatic heterocycles. The Kier molecular flexibility index (Phi) is 4.07. The predicted molar refractivity (Wildman–Crippen MR) is 186 cm³/mol. The fraction of sp³-hybridized carbons (Fsp3) is 0. The quantitative estimate of drug-likeness (QED) is 0.184. The molecule has 0 fully saturated rings. The van der Waals surface area contributed by atoms with E-state index in [9.17, 15) is 0 Å². The maximum absolute atomic E-state index is 5.35. The van der Waals surface area contributed by atoms with Crippen LogP contribution in [0.25, 0.3) is 98.2 Å². The molecular weight excluding hydrogens is 534 g/mol. The lowest BCUT2D eigenvalue weighted by molar-refractivity contribution is 1.12. The molecule has 0 bridgehead atoms. The highest BCUT2D eigenvalue weighted by Crippen LogP contribution is 2.45. The van der Waals surface area contributed by atoms with E-state index in [1.165, 1.54) is 81.4 Å². The first kappa shape index (κ1) is 22.6. The fourth-order valence-corrected chi connectivity index (χ4v) is 8.06. The van der Waals surface area contributed by atoms with Crippen LogP contribution in [0, 0.1) is 0 Å². The lowest BCUT2D eigenvalue weighted by Crippen LogP contribution is -1.99. The number of nitrogens with zero attached hydrogens (tertiary/aromatic N) is 3. The first-order valence-electron chi connectivity index (χ1n) is 15.2. The van der Waals surface area contributed by atoms with Crippen molar-refractivity contribution in [3.63, 3.8) is 0 Å². The number of benzene rings is 7. The Balaban J connectivity index is 1.41. The highest BCUT2D eigenvalue weighted by molar-refractivity contribution is 6.33. The van der Waals surface area contributed by atoms with Gasteiger partial charge in [-0.3, -0.25) is 4.57 Å². The van der Waals surface area contributed by atoms with Crippen LogP contribution in [-0.2, 0) is 0 Å². The van der Waals surface area contributed by atoms with Gasteiger partial charge in [-0.25, -0.2) is 4.98 Å². The summed E-state index contributed by atoms with van der Waals surface area (Å²) in [5.41, 5.74) is 7.18. The summed E-state index contributed by atoms with van der Waals surface area (Å²) < 4.78 is 4.91. The Bertz CT molecular complexity index is 2990. The number of hydrogen-bond donors (Lipinski definition) is 0. The Hall–Kier alpha value is -5.93. The number of aromatic nitrogens is 3. The smallest absolute Gasteiger partial charge is 0.146 e. The zero-order chi connectivity index (χ0) is 28.5. The summed E-state index contributed by atoms with van der Waals surface area (Å²) >= 11 is 0. The van der Waals surface area contributed by atoms with E-state index in [-0.39, 0.29) is 0 Å². The molecule has 0 aliphatic rings. The van der Waals surface area contributed by atoms with Crippen molar-refractivity contribution in [2.24, 2.45) is 0 Å². The van der Waals surface area contributed by atoms with Gasteiger partial charge in [0, 0.05) is 48.5 Å². The van der Waals surface area contributed by atoms with Crippen molar-refractivity contribution >= 4 is 92.3 Å².